The van der Waals surface area contributed by atoms with Gasteiger partial charge in [-0.1, -0.05) is 24.3 Å². The molecule has 0 aliphatic carbocycles. The summed E-state index contributed by atoms with van der Waals surface area (Å²) >= 11 is 0. The number of aliphatic hydroxyl groups is 3. The second kappa shape index (κ2) is 5.80. The molecule has 4 heteroatoms. The van der Waals surface area contributed by atoms with Crippen LogP contribution in [-0.4, -0.2) is 52.1 Å². The average Bonchev–Trinajstić information content (AvgIpc) is 2.36. The van der Waals surface area contributed by atoms with E-state index in [0.717, 1.165) is 6.54 Å². The Balaban J connectivity index is 2.04. The smallest absolute Gasteiger partial charge is 0.0929 e. The van der Waals surface area contributed by atoms with Gasteiger partial charge in [0.05, 0.1) is 12.2 Å². The van der Waals surface area contributed by atoms with Crippen molar-refractivity contribution in [3.05, 3.63) is 35.4 Å². The first-order valence-electron chi connectivity index (χ1n) is 6.35. The van der Waals surface area contributed by atoms with Gasteiger partial charge in [0.15, 0.2) is 0 Å². The summed E-state index contributed by atoms with van der Waals surface area (Å²) in [6.07, 6.45) is -1.59. The van der Waals surface area contributed by atoms with Crippen LogP contribution in [0.5, 0.6) is 0 Å². The minimum Gasteiger partial charge on any atom is -0.396 e. The second-order valence-electron chi connectivity index (χ2n) is 5.12. The van der Waals surface area contributed by atoms with E-state index in [4.69, 9.17) is 0 Å². The van der Waals surface area contributed by atoms with Gasteiger partial charge in [0.1, 0.15) is 0 Å². The maximum absolute atomic E-state index is 9.79. The van der Waals surface area contributed by atoms with Crippen LogP contribution < -0.4 is 0 Å². The number of nitrogens with zero attached hydrogens (tertiary/aromatic N) is 1. The van der Waals surface area contributed by atoms with Crippen molar-refractivity contribution in [2.45, 2.75) is 25.7 Å². The van der Waals surface area contributed by atoms with Gasteiger partial charge in [0.25, 0.3) is 0 Å². The van der Waals surface area contributed by atoms with Crippen LogP contribution in [0.2, 0.25) is 0 Å². The Hall–Kier alpha value is -0.940. The maximum Gasteiger partial charge on any atom is 0.0929 e. The predicted molar refractivity (Wildman–Crippen MR) is 69.0 cm³/mol. The molecule has 0 spiro atoms. The Morgan fingerprint density at radius 1 is 1.22 bits per heavy atom. The molecule has 100 valence electrons. The lowest BCUT2D eigenvalue weighted by molar-refractivity contribution is -0.0880. The average molecular weight is 251 g/mol. The number of benzene rings is 1. The Labute approximate surface area is 107 Å². The van der Waals surface area contributed by atoms with Gasteiger partial charge in [-0.25, -0.2) is 0 Å². The highest BCUT2D eigenvalue weighted by atomic mass is 16.3. The molecule has 2 rings (SSSR count). The summed E-state index contributed by atoms with van der Waals surface area (Å²) in [5.41, 5.74) is 2.44. The molecule has 1 aromatic rings. The first kappa shape index (κ1) is 13.5. The van der Waals surface area contributed by atoms with Crippen molar-refractivity contribution < 1.29 is 15.3 Å². The zero-order valence-corrected chi connectivity index (χ0v) is 10.7. The third-order valence-corrected chi connectivity index (χ3v) is 3.70. The summed E-state index contributed by atoms with van der Waals surface area (Å²) in [7, 11) is 0. The third-order valence-electron chi connectivity index (χ3n) is 3.70. The summed E-state index contributed by atoms with van der Waals surface area (Å²) in [6.45, 7) is 3.78. The number of aliphatic hydroxyl groups excluding tert-OH is 3. The van der Waals surface area contributed by atoms with Crippen molar-refractivity contribution in [2.75, 3.05) is 19.7 Å². The Morgan fingerprint density at radius 2 is 1.94 bits per heavy atom. The molecular weight excluding hydrogens is 230 g/mol. The van der Waals surface area contributed by atoms with E-state index in [1.165, 1.54) is 11.1 Å². The predicted octanol–water partition coefficient (Wildman–Crippen LogP) is 0.141. The molecular formula is C14H21NO3. The van der Waals surface area contributed by atoms with Crippen LogP contribution in [0.1, 0.15) is 11.1 Å². The van der Waals surface area contributed by atoms with E-state index >= 15 is 0 Å². The van der Waals surface area contributed by atoms with E-state index in [2.05, 4.69) is 24.0 Å². The van der Waals surface area contributed by atoms with Gasteiger partial charge in [-0.3, -0.25) is 4.90 Å². The molecule has 1 aliphatic rings. The summed E-state index contributed by atoms with van der Waals surface area (Å²) in [4.78, 5) is 2.08. The Kier molecular flexibility index (Phi) is 4.35. The van der Waals surface area contributed by atoms with Crippen molar-refractivity contribution in [3.8, 4) is 0 Å². The van der Waals surface area contributed by atoms with Gasteiger partial charge in [-0.15, -0.1) is 0 Å². The molecule has 1 heterocycles. The number of hydrogen-bond acceptors (Lipinski definition) is 4. The molecule has 4 nitrogen and oxygen atoms in total. The minimum absolute atomic E-state index is 0.0947. The largest absolute Gasteiger partial charge is 0.396 e. The molecule has 0 aromatic heterocycles. The van der Waals surface area contributed by atoms with Gasteiger partial charge >= 0.3 is 0 Å². The van der Waals surface area contributed by atoms with Crippen molar-refractivity contribution in [3.63, 3.8) is 0 Å². The zero-order chi connectivity index (χ0) is 13.1. The van der Waals surface area contributed by atoms with Crippen molar-refractivity contribution >= 4 is 0 Å². The van der Waals surface area contributed by atoms with Crippen molar-refractivity contribution in [1.29, 1.82) is 0 Å². The van der Waals surface area contributed by atoms with Crippen LogP contribution in [0.4, 0.5) is 0 Å². The van der Waals surface area contributed by atoms with Gasteiger partial charge in [-0.2, -0.15) is 0 Å². The lowest BCUT2D eigenvalue weighted by Gasteiger charge is -2.38. The number of β-amino-alcohol motifs (C(OH)–C–C–N with tert-alkyl or cyclic N) is 1. The number of hydrogen-bond donors (Lipinski definition) is 3. The lowest BCUT2D eigenvalue weighted by atomic mass is 9.92. The quantitative estimate of drug-likeness (QED) is 0.715. The lowest BCUT2D eigenvalue weighted by Crippen LogP contribution is -2.53. The SMILES string of the molecule is Cc1ccccc1CN1C[C@H](CO)[C@@H](O)[C@H](O)C1. The van der Waals surface area contributed by atoms with Gasteiger partial charge in [0, 0.05) is 32.2 Å². The van der Waals surface area contributed by atoms with E-state index in [-0.39, 0.29) is 12.5 Å². The zero-order valence-electron chi connectivity index (χ0n) is 10.7. The van der Waals surface area contributed by atoms with Crippen LogP contribution >= 0.6 is 0 Å². The number of likely N-dealkylation sites (tertiary alicyclic amines) is 1. The Morgan fingerprint density at radius 3 is 2.61 bits per heavy atom. The molecule has 0 radical (unpaired) electrons. The fourth-order valence-electron chi connectivity index (χ4n) is 2.52. The number of piperidine rings is 1. The first-order chi connectivity index (χ1) is 8.61. The fourth-order valence-corrected chi connectivity index (χ4v) is 2.52. The highest BCUT2D eigenvalue weighted by Gasteiger charge is 2.34. The van der Waals surface area contributed by atoms with Crippen LogP contribution in [-0.2, 0) is 6.54 Å². The highest BCUT2D eigenvalue weighted by Crippen LogP contribution is 2.20. The highest BCUT2D eigenvalue weighted by molar-refractivity contribution is 5.25. The topological polar surface area (TPSA) is 63.9 Å². The van der Waals surface area contributed by atoms with Crippen LogP contribution in [0.25, 0.3) is 0 Å². The molecule has 3 atom stereocenters. The van der Waals surface area contributed by atoms with Crippen LogP contribution in [0.15, 0.2) is 24.3 Å². The normalized spacial score (nSPS) is 29.4. The molecule has 0 unspecified atom stereocenters. The van der Waals surface area contributed by atoms with Gasteiger partial charge in [0.2, 0.25) is 0 Å². The molecule has 1 aromatic carbocycles. The number of rotatable bonds is 3. The van der Waals surface area contributed by atoms with Crippen molar-refractivity contribution in [2.24, 2.45) is 5.92 Å². The minimum atomic E-state index is -0.817. The van der Waals surface area contributed by atoms with Crippen LogP contribution in [0.3, 0.4) is 0 Å². The molecule has 3 N–H and O–H groups in total. The van der Waals surface area contributed by atoms with E-state index in [1.54, 1.807) is 0 Å². The second-order valence-corrected chi connectivity index (χ2v) is 5.12. The van der Waals surface area contributed by atoms with E-state index in [9.17, 15) is 15.3 Å². The van der Waals surface area contributed by atoms with Crippen LogP contribution in [0, 0.1) is 12.8 Å². The van der Waals surface area contributed by atoms with E-state index in [0.29, 0.717) is 13.1 Å². The number of aryl methyl sites for hydroxylation is 1. The molecule has 1 saturated heterocycles. The van der Waals surface area contributed by atoms with Crippen molar-refractivity contribution in [1.82, 2.24) is 4.90 Å². The summed E-state index contributed by atoms with van der Waals surface area (Å²) < 4.78 is 0. The summed E-state index contributed by atoms with van der Waals surface area (Å²) in [5.74, 6) is -0.266. The maximum atomic E-state index is 9.79. The molecule has 0 amide bonds. The van der Waals surface area contributed by atoms with Gasteiger partial charge < -0.3 is 15.3 Å². The monoisotopic (exact) mass is 251 g/mol. The summed E-state index contributed by atoms with van der Waals surface area (Å²) in [5, 5.41) is 28.8. The standard InChI is InChI=1S/C14H21NO3/c1-10-4-2-3-5-11(10)6-15-7-12(9-16)14(18)13(17)8-15/h2-5,12-14,16-18H,6-9H2,1H3/t12-,13-,14-/m1/s1. The fraction of sp³-hybridized carbons (Fsp3) is 0.571. The summed E-state index contributed by atoms with van der Waals surface area (Å²) in [6, 6.07) is 8.14. The van der Waals surface area contributed by atoms with E-state index in [1.807, 2.05) is 12.1 Å². The van der Waals surface area contributed by atoms with Gasteiger partial charge in [-0.05, 0) is 18.1 Å². The third kappa shape index (κ3) is 2.90. The Bertz CT molecular complexity index is 396. The first-order valence-corrected chi connectivity index (χ1v) is 6.35. The molecule has 1 aliphatic heterocycles. The molecule has 18 heavy (non-hydrogen) atoms. The van der Waals surface area contributed by atoms with E-state index < -0.39 is 12.2 Å². The molecule has 1 fully saturated rings. The molecule has 0 bridgehead atoms. The molecule has 0 saturated carbocycles.